The first-order valence-electron chi connectivity index (χ1n) is 11.2. The van der Waals surface area contributed by atoms with Crippen LogP contribution >= 0.6 is 11.6 Å². The summed E-state index contributed by atoms with van der Waals surface area (Å²) in [6, 6.07) is 3.31. The largest absolute Gasteiger partial charge is 0.444 e. The van der Waals surface area contributed by atoms with Crippen LogP contribution < -0.4 is 5.32 Å². The summed E-state index contributed by atoms with van der Waals surface area (Å²) in [5.41, 5.74) is -3.92. The number of likely N-dealkylation sites (tertiary alicyclic amines) is 1. The summed E-state index contributed by atoms with van der Waals surface area (Å²) in [5.74, 6) is -1.25. The first-order chi connectivity index (χ1) is 15.4. The third-order valence-corrected chi connectivity index (χ3v) is 6.94. The Morgan fingerprint density at radius 3 is 2.38 bits per heavy atom. The molecule has 0 aliphatic carbocycles. The van der Waals surface area contributed by atoms with Crippen molar-refractivity contribution < 1.29 is 27.5 Å². The van der Waals surface area contributed by atoms with E-state index in [4.69, 9.17) is 20.8 Å². The van der Waals surface area contributed by atoms with Crippen LogP contribution in [0.15, 0.2) is 18.2 Å². The van der Waals surface area contributed by atoms with Crippen LogP contribution in [-0.2, 0) is 20.5 Å². The van der Waals surface area contributed by atoms with Crippen molar-refractivity contribution in [3.8, 4) is 0 Å². The maximum atomic E-state index is 16.4. The number of carbonyl (C=O) groups is 2. The van der Waals surface area contributed by atoms with E-state index in [9.17, 15) is 14.0 Å². The van der Waals surface area contributed by atoms with Crippen molar-refractivity contribution in [3.63, 3.8) is 0 Å². The fourth-order valence-corrected chi connectivity index (χ4v) is 4.34. The Hall–Kier alpha value is -1.71. The number of benzene rings is 1. The highest BCUT2D eigenvalue weighted by Crippen LogP contribution is 2.42. The molecular formula is C24H35ClF2N2O4Si. The fraction of sp³-hybridized carbons (Fsp3) is 0.667. The van der Waals surface area contributed by atoms with Gasteiger partial charge in [0.15, 0.2) is 5.67 Å². The number of nitrogens with one attached hydrogen (secondary N) is 1. The monoisotopic (exact) mass is 516 g/mol. The first kappa shape index (κ1) is 28.5. The van der Waals surface area contributed by atoms with Crippen LogP contribution in [0.1, 0.15) is 67.4 Å². The lowest BCUT2D eigenvalue weighted by atomic mass is 9.85. The number of nitrogens with zero attached hydrogens (tertiary/aromatic N) is 1. The molecule has 1 N–H and O–H groups in total. The van der Waals surface area contributed by atoms with Gasteiger partial charge in [0.2, 0.25) is 15.7 Å². The Morgan fingerprint density at radius 2 is 1.82 bits per heavy atom. The summed E-state index contributed by atoms with van der Waals surface area (Å²) in [5, 5.41) is 2.37. The number of carbonyl (C=O) groups excluding carboxylic acids is 2. The maximum absolute atomic E-state index is 16.4. The highest BCUT2D eigenvalue weighted by Gasteiger charge is 2.58. The number of hydrogen-bond donors (Lipinski definition) is 1. The van der Waals surface area contributed by atoms with E-state index in [2.05, 4.69) is 5.32 Å². The summed E-state index contributed by atoms with van der Waals surface area (Å²) in [4.78, 5) is 27.1. The molecule has 1 aromatic carbocycles. The second-order valence-electron chi connectivity index (χ2n) is 11.2. The number of ether oxygens (including phenoxy) is 1. The fourth-order valence-electron chi connectivity index (χ4n) is 3.40. The van der Waals surface area contributed by atoms with Crippen molar-refractivity contribution in [3.05, 3.63) is 34.6 Å². The van der Waals surface area contributed by atoms with Gasteiger partial charge in [0, 0.05) is 18.5 Å². The molecule has 2 rings (SSSR count). The lowest BCUT2D eigenvalue weighted by Gasteiger charge is -2.39. The second-order valence-corrected chi connectivity index (χ2v) is 13.5. The SMILES string of the molecule is CC(C)(C)OC(=O)N1C[C@@](F)(C(C)(C)O[Si]C(C)(C)C)C[C@H]1C(=O)NCc1cccc(Cl)c1F. The molecule has 34 heavy (non-hydrogen) atoms. The van der Waals surface area contributed by atoms with Crippen LogP contribution in [0.3, 0.4) is 0 Å². The molecule has 0 saturated carbocycles. The van der Waals surface area contributed by atoms with Gasteiger partial charge < -0.3 is 14.5 Å². The lowest BCUT2D eigenvalue weighted by Crippen LogP contribution is -2.52. The van der Waals surface area contributed by atoms with Crippen LogP contribution in [0.4, 0.5) is 13.6 Å². The molecule has 2 radical (unpaired) electrons. The van der Waals surface area contributed by atoms with E-state index in [1.54, 1.807) is 40.7 Å². The van der Waals surface area contributed by atoms with E-state index >= 15 is 4.39 Å². The number of hydrogen-bond acceptors (Lipinski definition) is 4. The molecule has 0 aromatic heterocycles. The Bertz CT molecular complexity index is 917. The van der Waals surface area contributed by atoms with Gasteiger partial charge >= 0.3 is 6.09 Å². The van der Waals surface area contributed by atoms with Crippen molar-refractivity contribution in [2.45, 2.75) is 96.3 Å². The average molecular weight is 517 g/mol. The minimum Gasteiger partial charge on any atom is -0.444 e. The Morgan fingerprint density at radius 1 is 1.21 bits per heavy atom. The number of alkyl halides is 1. The van der Waals surface area contributed by atoms with E-state index < -0.39 is 40.7 Å². The molecule has 1 fully saturated rings. The zero-order chi connectivity index (χ0) is 26.1. The third-order valence-electron chi connectivity index (χ3n) is 5.42. The van der Waals surface area contributed by atoms with Crippen molar-refractivity contribution in [1.29, 1.82) is 0 Å². The topological polar surface area (TPSA) is 67.9 Å². The minimum absolute atomic E-state index is 0.0141. The molecule has 10 heteroatoms. The highest BCUT2D eigenvalue weighted by molar-refractivity contribution is 6.32. The Balaban J connectivity index is 2.27. The summed E-state index contributed by atoms with van der Waals surface area (Å²) in [6.45, 7) is 13.8. The van der Waals surface area contributed by atoms with Gasteiger partial charge in [0.25, 0.3) is 0 Å². The number of halogens is 3. The third kappa shape index (κ3) is 7.15. The maximum Gasteiger partial charge on any atom is 0.411 e. The van der Waals surface area contributed by atoms with Crippen molar-refractivity contribution in [2.24, 2.45) is 0 Å². The zero-order valence-electron chi connectivity index (χ0n) is 21.1. The molecule has 1 heterocycles. The van der Waals surface area contributed by atoms with Crippen LogP contribution in [0.25, 0.3) is 0 Å². The van der Waals surface area contributed by atoms with E-state index in [1.807, 2.05) is 20.8 Å². The van der Waals surface area contributed by atoms with Crippen LogP contribution in [0.2, 0.25) is 10.1 Å². The summed E-state index contributed by atoms with van der Waals surface area (Å²) >= 11 is 5.81. The van der Waals surface area contributed by atoms with E-state index in [0.717, 1.165) is 4.90 Å². The molecule has 0 unspecified atom stereocenters. The predicted octanol–water partition coefficient (Wildman–Crippen LogP) is 5.45. The van der Waals surface area contributed by atoms with E-state index in [0.29, 0.717) is 0 Å². The van der Waals surface area contributed by atoms with Crippen LogP contribution in [-0.4, -0.2) is 56.1 Å². The molecule has 1 aliphatic heterocycles. The van der Waals surface area contributed by atoms with Gasteiger partial charge in [-0.3, -0.25) is 9.69 Å². The van der Waals surface area contributed by atoms with Gasteiger partial charge in [-0.1, -0.05) is 44.5 Å². The molecule has 0 spiro atoms. The average Bonchev–Trinajstić information content (AvgIpc) is 3.06. The summed E-state index contributed by atoms with van der Waals surface area (Å²) in [7, 11) is 0.0141. The second kappa shape index (κ2) is 10.1. The molecule has 1 saturated heterocycles. The smallest absolute Gasteiger partial charge is 0.411 e. The summed E-state index contributed by atoms with van der Waals surface area (Å²) < 4.78 is 42.0. The van der Waals surface area contributed by atoms with Crippen molar-refractivity contribution >= 4 is 33.4 Å². The number of rotatable bonds is 6. The molecule has 6 nitrogen and oxygen atoms in total. The minimum atomic E-state index is -2.01. The van der Waals surface area contributed by atoms with Gasteiger partial charge in [-0.2, -0.15) is 0 Å². The quantitative estimate of drug-likeness (QED) is 0.511. The van der Waals surface area contributed by atoms with Gasteiger partial charge in [-0.15, -0.1) is 0 Å². The van der Waals surface area contributed by atoms with Crippen LogP contribution in [0, 0.1) is 5.82 Å². The lowest BCUT2D eigenvalue weighted by molar-refractivity contribution is -0.125. The number of amides is 2. The Kier molecular flexibility index (Phi) is 8.48. The molecule has 190 valence electrons. The molecule has 0 bridgehead atoms. The first-order valence-corrected chi connectivity index (χ1v) is 12.5. The van der Waals surface area contributed by atoms with E-state index in [-0.39, 0.29) is 44.9 Å². The Labute approximate surface area is 208 Å². The van der Waals surface area contributed by atoms with Crippen molar-refractivity contribution in [2.75, 3.05) is 6.54 Å². The highest BCUT2D eigenvalue weighted by atomic mass is 35.5. The molecule has 1 aromatic rings. The van der Waals surface area contributed by atoms with Gasteiger partial charge in [0.1, 0.15) is 17.5 Å². The zero-order valence-corrected chi connectivity index (χ0v) is 22.9. The van der Waals surface area contributed by atoms with E-state index in [1.165, 1.54) is 12.1 Å². The normalized spacial score (nSPS) is 21.5. The van der Waals surface area contributed by atoms with Crippen molar-refractivity contribution in [1.82, 2.24) is 10.2 Å². The van der Waals surface area contributed by atoms with Gasteiger partial charge in [-0.25, -0.2) is 13.6 Å². The molecular weight excluding hydrogens is 482 g/mol. The predicted molar refractivity (Wildman–Crippen MR) is 129 cm³/mol. The molecule has 2 atom stereocenters. The standard InChI is InChI=1S/C24H35ClF2N2O4Si/c1-21(2,3)32-20(31)29-14-24(27,23(7,8)33-34-22(4,5)6)12-17(29)19(30)28-13-15-10-9-11-16(25)18(15)26/h9-11,17H,12-14H2,1-8H3,(H,28,30)/t17-,24+/m0/s1. The van der Waals surface area contributed by atoms with Crippen LogP contribution in [0.5, 0.6) is 0 Å². The van der Waals surface area contributed by atoms with Gasteiger partial charge in [0.05, 0.1) is 17.2 Å². The summed E-state index contributed by atoms with van der Waals surface area (Å²) in [6.07, 6.45) is -1.08. The molecule has 1 aliphatic rings. The molecule has 2 amide bonds. The van der Waals surface area contributed by atoms with Gasteiger partial charge in [-0.05, 0) is 45.7 Å².